The van der Waals surface area contributed by atoms with E-state index in [9.17, 15) is 9.18 Å². The molecule has 4 N–H and O–H groups in total. The molecule has 18 heavy (non-hydrogen) atoms. The van der Waals surface area contributed by atoms with Crippen LogP contribution in [0.5, 0.6) is 0 Å². The average Bonchev–Trinajstić information content (AvgIpc) is 2.55. The van der Waals surface area contributed by atoms with E-state index in [1.54, 1.807) is 24.5 Å². The summed E-state index contributed by atoms with van der Waals surface area (Å²) < 4.78 is 14.8. The molecular formula is C12H15FN4O. The minimum atomic E-state index is -0.784. The molecule has 0 fully saturated rings. The molecule has 96 valence electrons. The van der Waals surface area contributed by atoms with E-state index in [0.29, 0.717) is 11.0 Å². The van der Waals surface area contributed by atoms with Gasteiger partial charge in [-0.1, -0.05) is 0 Å². The Morgan fingerprint density at radius 2 is 2.17 bits per heavy atom. The van der Waals surface area contributed by atoms with E-state index >= 15 is 0 Å². The second-order valence-corrected chi connectivity index (χ2v) is 4.94. The predicted molar refractivity (Wildman–Crippen MR) is 67.1 cm³/mol. The van der Waals surface area contributed by atoms with E-state index in [1.807, 2.05) is 0 Å². The van der Waals surface area contributed by atoms with Crippen LogP contribution in [0, 0.1) is 11.2 Å². The number of imidazole rings is 1. The average molecular weight is 250 g/mol. The standard InChI is InChI=1S/C12H15FN4O/c1-12(2,10(14)18)6-17-9-5-7(13)3-4-8(9)16-11(17)15/h3-5H,6H2,1-2H3,(H2,14,18)(H2,15,16). The first kappa shape index (κ1) is 12.3. The van der Waals surface area contributed by atoms with Crippen LogP contribution in [0.4, 0.5) is 10.3 Å². The molecule has 5 nitrogen and oxygen atoms in total. The van der Waals surface area contributed by atoms with Crippen molar-refractivity contribution in [3.05, 3.63) is 24.0 Å². The molecule has 0 aliphatic rings. The molecule has 0 spiro atoms. The number of nitrogen functional groups attached to an aromatic ring is 1. The maximum absolute atomic E-state index is 13.2. The molecule has 1 aromatic heterocycles. The van der Waals surface area contributed by atoms with Gasteiger partial charge in [-0.2, -0.15) is 0 Å². The molecule has 0 aliphatic carbocycles. The predicted octanol–water partition coefficient (Wildman–Crippen LogP) is 1.27. The molecule has 0 bridgehead atoms. The van der Waals surface area contributed by atoms with Crippen LogP contribution in [0.2, 0.25) is 0 Å². The third-order valence-electron chi connectivity index (χ3n) is 2.96. The summed E-state index contributed by atoms with van der Waals surface area (Å²) in [5.74, 6) is -0.578. The number of halogens is 1. The smallest absolute Gasteiger partial charge is 0.224 e. The highest BCUT2D eigenvalue weighted by Gasteiger charge is 2.27. The van der Waals surface area contributed by atoms with Gasteiger partial charge in [-0.3, -0.25) is 4.79 Å². The highest BCUT2D eigenvalue weighted by molar-refractivity contribution is 5.81. The van der Waals surface area contributed by atoms with Gasteiger partial charge in [0, 0.05) is 6.54 Å². The van der Waals surface area contributed by atoms with Gasteiger partial charge in [0.1, 0.15) is 5.82 Å². The molecule has 0 radical (unpaired) electrons. The van der Waals surface area contributed by atoms with Crippen molar-refractivity contribution >= 4 is 22.9 Å². The molecule has 0 saturated carbocycles. The molecule has 1 aromatic carbocycles. The molecule has 0 saturated heterocycles. The molecule has 1 heterocycles. The second kappa shape index (κ2) is 3.97. The first-order valence-corrected chi connectivity index (χ1v) is 5.52. The summed E-state index contributed by atoms with van der Waals surface area (Å²) in [5.41, 5.74) is 11.5. The zero-order chi connectivity index (χ0) is 13.5. The fraction of sp³-hybridized carbons (Fsp3) is 0.333. The maximum Gasteiger partial charge on any atom is 0.224 e. The van der Waals surface area contributed by atoms with E-state index in [-0.39, 0.29) is 18.3 Å². The zero-order valence-corrected chi connectivity index (χ0v) is 10.3. The van der Waals surface area contributed by atoms with Crippen LogP contribution in [-0.2, 0) is 11.3 Å². The van der Waals surface area contributed by atoms with Gasteiger partial charge < -0.3 is 16.0 Å². The maximum atomic E-state index is 13.2. The summed E-state index contributed by atoms with van der Waals surface area (Å²) in [4.78, 5) is 15.5. The minimum absolute atomic E-state index is 0.241. The van der Waals surface area contributed by atoms with E-state index < -0.39 is 11.3 Å². The topological polar surface area (TPSA) is 86.9 Å². The Kier molecular flexibility index (Phi) is 2.73. The van der Waals surface area contributed by atoms with Gasteiger partial charge in [0.25, 0.3) is 0 Å². The lowest BCUT2D eigenvalue weighted by molar-refractivity contribution is -0.126. The first-order valence-electron chi connectivity index (χ1n) is 5.52. The number of nitrogens with two attached hydrogens (primary N) is 2. The summed E-state index contributed by atoms with van der Waals surface area (Å²) in [5, 5.41) is 0. The number of anilines is 1. The molecular weight excluding hydrogens is 235 g/mol. The number of fused-ring (bicyclic) bond motifs is 1. The van der Waals surface area contributed by atoms with E-state index in [4.69, 9.17) is 11.5 Å². The van der Waals surface area contributed by atoms with Crippen molar-refractivity contribution in [2.75, 3.05) is 5.73 Å². The van der Waals surface area contributed by atoms with Crippen molar-refractivity contribution in [3.8, 4) is 0 Å². The number of primary amides is 1. The van der Waals surface area contributed by atoms with Gasteiger partial charge >= 0.3 is 0 Å². The van der Waals surface area contributed by atoms with Gasteiger partial charge in [0.15, 0.2) is 0 Å². The van der Waals surface area contributed by atoms with Crippen LogP contribution in [0.25, 0.3) is 11.0 Å². The van der Waals surface area contributed by atoms with Crippen molar-refractivity contribution in [3.63, 3.8) is 0 Å². The van der Waals surface area contributed by atoms with Crippen molar-refractivity contribution in [1.29, 1.82) is 0 Å². The van der Waals surface area contributed by atoms with E-state index in [2.05, 4.69) is 4.98 Å². The lowest BCUT2D eigenvalue weighted by Gasteiger charge is -2.21. The molecule has 1 amide bonds. The summed E-state index contributed by atoms with van der Waals surface area (Å²) in [6.07, 6.45) is 0. The number of benzene rings is 1. The fourth-order valence-electron chi connectivity index (χ4n) is 1.75. The summed E-state index contributed by atoms with van der Waals surface area (Å²) in [7, 11) is 0. The molecule has 0 aliphatic heterocycles. The van der Waals surface area contributed by atoms with Gasteiger partial charge in [0.2, 0.25) is 11.9 Å². The summed E-state index contributed by atoms with van der Waals surface area (Å²) >= 11 is 0. The Morgan fingerprint density at radius 1 is 1.50 bits per heavy atom. The number of amides is 1. The van der Waals surface area contributed by atoms with E-state index in [1.165, 1.54) is 12.1 Å². The number of carbonyl (C=O) groups excluding carboxylic acids is 1. The van der Waals surface area contributed by atoms with Crippen LogP contribution in [0.15, 0.2) is 18.2 Å². The Hall–Kier alpha value is -2.11. The molecule has 6 heteroatoms. The number of rotatable bonds is 3. The second-order valence-electron chi connectivity index (χ2n) is 4.94. The van der Waals surface area contributed by atoms with E-state index in [0.717, 1.165) is 0 Å². The highest BCUT2D eigenvalue weighted by Crippen LogP contribution is 2.25. The van der Waals surface area contributed by atoms with Crippen molar-refractivity contribution in [2.45, 2.75) is 20.4 Å². The van der Waals surface area contributed by atoms with Crippen LogP contribution >= 0.6 is 0 Å². The number of aromatic nitrogens is 2. The van der Waals surface area contributed by atoms with Gasteiger partial charge in [-0.15, -0.1) is 0 Å². The van der Waals surface area contributed by atoms with Gasteiger partial charge in [-0.05, 0) is 32.0 Å². The van der Waals surface area contributed by atoms with Gasteiger partial charge in [0.05, 0.1) is 16.4 Å². The normalized spacial score (nSPS) is 11.9. The zero-order valence-electron chi connectivity index (χ0n) is 10.3. The molecule has 2 rings (SSSR count). The number of carbonyl (C=O) groups is 1. The van der Waals surface area contributed by atoms with Gasteiger partial charge in [-0.25, -0.2) is 9.37 Å². The molecule has 0 unspecified atom stereocenters. The largest absolute Gasteiger partial charge is 0.369 e. The quantitative estimate of drug-likeness (QED) is 0.859. The van der Waals surface area contributed by atoms with Crippen LogP contribution in [0.3, 0.4) is 0 Å². The van der Waals surface area contributed by atoms with Crippen molar-refractivity contribution in [2.24, 2.45) is 11.1 Å². The fourth-order valence-corrected chi connectivity index (χ4v) is 1.75. The summed E-state index contributed by atoms with van der Waals surface area (Å²) in [6.45, 7) is 3.67. The highest BCUT2D eigenvalue weighted by atomic mass is 19.1. The first-order chi connectivity index (χ1) is 8.31. The molecule has 2 aromatic rings. The Labute approximate surface area is 104 Å². The van der Waals surface area contributed by atoms with Crippen molar-refractivity contribution < 1.29 is 9.18 Å². The summed E-state index contributed by atoms with van der Waals surface area (Å²) in [6, 6.07) is 4.21. The van der Waals surface area contributed by atoms with Crippen LogP contribution < -0.4 is 11.5 Å². The number of nitrogens with zero attached hydrogens (tertiary/aromatic N) is 2. The lowest BCUT2D eigenvalue weighted by Crippen LogP contribution is -2.35. The van der Waals surface area contributed by atoms with Crippen LogP contribution in [0.1, 0.15) is 13.8 Å². The third kappa shape index (κ3) is 2.01. The number of hydrogen-bond acceptors (Lipinski definition) is 3. The number of hydrogen-bond donors (Lipinski definition) is 2. The monoisotopic (exact) mass is 250 g/mol. The lowest BCUT2D eigenvalue weighted by atomic mass is 9.92. The van der Waals surface area contributed by atoms with Crippen LogP contribution in [-0.4, -0.2) is 15.5 Å². The van der Waals surface area contributed by atoms with Crippen molar-refractivity contribution in [1.82, 2.24) is 9.55 Å². The molecule has 0 atom stereocenters. The minimum Gasteiger partial charge on any atom is -0.369 e. The Morgan fingerprint density at radius 3 is 2.78 bits per heavy atom. The SMILES string of the molecule is CC(C)(Cn1c(N)nc2ccc(F)cc21)C(N)=O. The third-order valence-corrected chi connectivity index (χ3v) is 2.96. The Balaban J connectivity index is 2.53. The Bertz CT molecular complexity index is 618.